The summed E-state index contributed by atoms with van der Waals surface area (Å²) in [6.45, 7) is 4.14. The van der Waals surface area contributed by atoms with Gasteiger partial charge in [-0.05, 0) is 29.5 Å². The number of nitrogens with zero attached hydrogens (tertiary/aromatic N) is 3. The maximum Gasteiger partial charge on any atom is 0.364 e. The van der Waals surface area contributed by atoms with E-state index in [2.05, 4.69) is 24.4 Å². The zero-order valence-corrected chi connectivity index (χ0v) is 17.1. The molecule has 0 aromatic heterocycles. The number of hydrogen-bond donors (Lipinski definition) is 1. The maximum absolute atomic E-state index is 11.8. The first-order valence-corrected chi connectivity index (χ1v) is 9.91. The molecule has 2 aliphatic rings. The molecule has 0 amide bonds. The number of nitro benzene ring substituents is 1. The van der Waals surface area contributed by atoms with Gasteiger partial charge in [0.15, 0.2) is 0 Å². The summed E-state index contributed by atoms with van der Waals surface area (Å²) in [5.41, 5.74) is 5.57. The molecule has 0 saturated heterocycles. The Morgan fingerprint density at radius 3 is 2.32 bits per heavy atom. The third kappa shape index (κ3) is 4.11. The van der Waals surface area contributed by atoms with Gasteiger partial charge in [-0.2, -0.15) is 5.10 Å². The number of hydrazone groups is 1. The molecule has 0 bridgehead atoms. The van der Waals surface area contributed by atoms with Crippen molar-refractivity contribution >= 4 is 17.1 Å². The summed E-state index contributed by atoms with van der Waals surface area (Å²) in [6.07, 6.45) is -0.133. The van der Waals surface area contributed by atoms with Crippen LogP contribution in [0.15, 0.2) is 71.0 Å². The highest BCUT2D eigenvalue weighted by Crippen LogP contribution is 2.49. The number of para-hydroxylation sites is 1. The summed E-state index contributed by atoms with van der Waals surface area (Å²) < 4.78 is 5.83. The molecule has 1 heterocycles. The van der Waals surface area contributed by atoms with Crippen LogP contribution >= 0.6 is 0 Å². The number of benzene rings is 2. The first-order valence-electron chi connectivity index (χ1n) is 9.91. The van der Waals surface area contributed by atoms with Crippen molar-refractivity contribution in [2.24, 2.45) is 10.5 Å². The highest BCUT2D eigenvalue weighted by Gasteiger charge is 2.51. The number of ether oxygens (including phenoxy) is 1. The normalized spacial score (nSPS) is 23.2. The molecule has 1 aliphatic carbocycles. The van der Waals surface area contributed by atoms with E-state index in [1.807, 2.05) is 30.3 Å². The van der Waals surface area contributed by atoms with E-state index in [1.54, 1.807) is 12.1 Å². The van der Waals surface area contributed by atoms with Gasteiger partial charge in [0.05, 0.1) is 21.2 Å². The van der Waals surface area contributed by atoms with Crippen LogP contribution in [0.1, 0.15) is 38.2 Å². The standard InChI is InChI=1S/C22H22N4O5/c1-22(2)12-17(24-23-15-6-4-3-5-7-15)20-18(13-22)31-21(26(29)30)19(20)14-8-10-16(11-9-14)25(27)28/h3-11,19,21,23H,12-13H2,1-2H3/b24-17+. The smallest absolute Gasteiger partial charge is 0.364 e. The molecule has 0 saturated carbocycles. The van der Waals surface area contributed by atoms with E-state index >= 15 is 0 Å². The Hall–Kier alpha value is -3.75. The lowest BCUT2D eigenvalue weighted by molar-refractivity contribution is -0.570. The zero-order valence-electron chi connectivity index (χ0n) is 17.1. The Morgan fingerprint density at radius 1 is 1.03 bits per heavy atom. The molecule has 2 atom stereocenters. The molecule has 9 heteroatoms. The van der Waals surface area contributed by atoms with Crippen molar-refractivity contribution in [2.75, 3.05) is 5.43 Å². The van der Waals surface area contributed by atoms with Crippen molar-refractivity contribution < 1.29 is 14.6 Å². The predicted molar refractivity (Wildman–Crippen MR) is 115 cm³/mol. The number of non-ortho nitro benzene ring substituents is 1. The van der Waals surface area contributed by atoms with Crippen molar-refractivity contribution in [1.29, 1.82) is 0 Å². The molecule has 160 valence electrons. The molecule has 31 heavy (non-hydrogen) atoms. The van der Waals surface area contributed by atoms with Gasteiger partial charge in [0.25, 0.3) is 5.69 Å². The second-order valence-electron chi connectivity index (χ2n) is 8.51. The van der Waals surface area contributed by atoms with Crippen LogP contribution in [0.3, 0.4) is 0 Å². The summed E-state index contributed by atoms with van der Waals surface area (Å²) in [7, 11) is 0. The fraction of sp³-hybridized carbons (Fsp3) is 0.318. The predicted octanol–water partition coefficient (Wildman–Crippen LogP) is 4.85. The van der Waals surface area contributed by atoms with Gasteiger partial charge in [-0.15, -0.1) is 0 Å². The summed E-state index contributed by atoms with van der Waals surface area (Å²) in [5, 5.41) is 27.5. The van der Waals surface area contributed by atoms with Crippen molar-refractivity contribution in [3.8, 4) is 0 Å². The van der Waals surface area contributed by atoms with Crippen LogP contribution in [-0.2, 0) is 4.74 Å². The van der Waals surface area contributed by atoms with Crippen molar-refractivity contribution in [2.45, 2.75) is 38.8 Å². The third-order valence-corrected chi connectivity index (χ3v) is 5.52. The van der Waals surface area contributed by atoms with Gasteiger partial charge in [0.2, 0.25) is 0 Å². The minimum atomic E-state index is -1.30. The lowest BCUT2D eigenvalue weighted by atomic mass is 9.73. The molecule has 1 aliphatic heterocycles. The molecule has 2 aromatic rings. The number of hydrogen-bond acceptors (Lipinski definition) is 7. The lowest BCUT2D eigenvalue weighted by Crippen LogP contribution is -2.29. The number of nitrogens with one attached hydrogen (secondary N) is 1. The Bertz CT molecular complexity index is 1080. The van der Waals surface area contributed by atoms with Crippen molar-refractivity contribution in [3.63, 3.8) is 0 Å². The number of rotatable bonds is 5. The van der Waals surface area contributed by atoms with Crippen LogP contribution < -0.4 is 5.43 Å². The van der Waals surface area contributed by atoms with Gasteiger partial charge >= 0.3 is 6.23 Å². The van der Waals surface area contributed by atoms with Gasteiger partial charge in [-0.3, -0.25) is 25.7 Å². The molecule has 0 radical (unpaired) electrons. The van der Waals surface area contributed by atoms with E-state index in [-0.39, 0.29) is 11.1 Å². The van der Waals surface area contributed by atoms with Crippen LogP contribution in [0.5, 0.6) is 0 Å². The molecule has 4 rings (SSSR count). The minimum absolute atomic E-state index is 0.0704. The summed E-state index contributed by atoms with van der Waals surface area (Å²) in [4.78, 5) is 21.9. The van der Waals surface area contributed by atoms with Crippen molar-refractivity contribution in [1.82, 2.24) is 0 Å². The molecular formula is C22H22N4O5. The molecule has 1 N–H and O–H groups in total. The Labute approximate surface area is 178 Å². The van der Waals surface area contributed by atoms with Crippen LogP contribution in [0.2, 0.25) is 0 Å². The monoisotopic (exact) mass is 422 g/mol. The van der Waals surface area contributed by atoms with Gasteiger partial charge in [0, 0.05) is 24.1 Å². The highest BCUT2D eigenvalue weighted by atomic mass is 16.7. The second kappa shape index (κ2) is 7.82. The highest BCUT2D eigenvalue weighted by molar-refractivity contribution is 6.04. The third-order valence-electron chi connectivity index (χ3n) is 5.52. The first-order chi connectivity index (χ1) is 14.7. The number of nitro groups is 2. The fourth-order valence-corrected chi connectivity index (χ4v) is 4.16. The van der Waals surface area contributed by atoms with E-state index in [9.17, 15) is 20.2 Å². The molecule has 0 spiro atoms. The summed E-state index contributed by atoms with van der Waals surface area (Å²) >= 11 is 0. The quantitative estimate of drug-likeness (QED) is 0.543. The Morgan fingerprint density at radius 2 is 1.71 bits per heavy atom. The van der Waals surface area contributed by atoms with Crippen LogP contribution in [0.4, 0.5) is 11.4 Å². The molecular weight excluding hydrogens is 400 g/mol. The van der Waals surface area contributed by atoms with E-state index in [0.29, 0.717) is 35.4 Å². The van der Waals surface area contributed by atoms with E-state index in [0.717, 1.165) is 5.69 Å². The SMILES string of the molecule is CC1(C)CC2=C(/C(=N/Nc3ccccc3)C1)C(c1ccc([N+](=O)[O-])cc1)C([N+](=O)[O-])O2. The summed E-state index contributed by atoms with van der Waals surface area (Å²) in [5.74, 6) is -0.131. The molecule has 2 unspecified atom stereocenters. The first kappa shape index (κ1) is 20.5. The average molecular weight is 422 g/mol. The van der Waals surface area contributed by atoms with E-state index in [1.165, 1.54) is 12.1 Å². The Balaban J connectivity index is 1.77. The van der Waals surface area contributed by atoms with Crippen molar-refractivity contribution in [3.05, 3.63) is 91.7 Å². The number of anilines is 1. The van der Waals surface area contributed by atoms with Crippen LogP contribution in [0, 0.1) is 25.6 Å². The van der Waals surface area contributed by atoms with Crippen LogP contribution in [0.25, 0.3) is 0 Å². The fourth-order valence-electron chi connectivity index (χ4n) is 4.16. The van der Waals surface area contributed by atoms with Gasteiger partial charge in [0.1, 0.15) is 11.7 Å². The second-order valence-corrected chi connectivity index (χ2v) is 8.51. The van der Waals surface area contributed by atoms with E-state index < -0.39 is 22.0 Å². The molecule has 9 nitrogen and oxygen atoms in total. The zero-order chi connectivity index (χ0) is 22.2. The Kier molecular flexibility index (Phi) is 5.18. The lowest BCUT2D eigenvalue weighted by Gasteiger charge is -2.31. The molecule has 2 aromatic carbocycles. The largest absolute Gasteiger partial charge is 0.433 e. The molecule has 0 fully saturated rings. The summed E-state index contributed by atoms with van der Waals surface area (Å²) in [6, 6.07) is 15.3. The maximum atomic E-state index is 11.8. The van der Waals surface area contributed by atoms with Crippen LogP contribution in [-0.4, -0.2) is 21.8 Å². The topological polar surface area (TPSA) is 120 Å². The average Bonchev–Trinajstić information content (AvgIpc) is 3.11. The van der Waals surface area contributed by atoms with Gasteiger partial charge < -0.3 is 4.74 Å². The van der Waals surface area contributed by atoms with Gasteiger partial charge in [-0.1, -0.05) is 44.2 Å². The van der Waals surface area contributed by atoms with Gasteiger partial charge in [-0.25, -0.2) is 0 Å². The van der Waals surface area contributed by atoms with E-state index in [4.69, 9.17) is 4.74 Å². The number of allylic oxidation sites excluding steroid dienone is 1. The minimum Gasteiger partial charge on any atom is -0.433 e.